The second kappa shape index (κ2) is 9.14. The Morgan fingerprint density at radius 1 is 1.12 bits per heavy atom. The molecule has 0 bridgehead atoms. The quantitative estimate of drug-likeness (QED) is 0.439. The van der Waals surface area contributed by atoms with Crippen LogP contribution in [0, 0.1) is 24.4 Å². The van der Waals surface area contributed by atoms with Crippen LogP contribution in [0.4, 0.5) is 24.7 Å². The van der Waals surface area contributed by atoms with Crippen LogP contribution in [0.1, 0.15) is 40.4 Å². The molecule has 2 aromatic carbocycles. The number of hydrogen-bond donors (Lipinski definition) is 4. The van der Waals surface area contributed by atoms with Crippen LogP contribution >= 0.6 is 0 Å². The van der Waals surface area contributed by atoms with Crippen molar-refractivity contribution in [2.75, 3.05) is 11.1 Å². The number of anilines is 2. The molecule has 0 spiro atoms. The van der Waals surface area contributed by atoms with E-state index in [-0.39, 0.29) is 40.1 Å². The van der Waals surface area contributed by atoms with E-state index < -0.39 is 29.5 Å². The van der Waals surface area contributed by atoms with Gasteiger partial charge in [0, 0.05) is 23.9 Å². The summed E-state index contributed by atoms with van der Waals surface area (Å²) in [6, 6.07) is 6.64. The zero-order valence-electron chi connectivity index (χ0n) is 18.0. The number of aromatic nitrogens is 1. The number of benzene rings is 2. The molecule has 3 aromatic rings. The van der Waals surface area contributed by atoms with Gasteiger partial charge < -0.3 is 21.5 Å². The average molecular weight is 470 g/mol. The highest BCUT2D eigenvalue weighted by atomic mass is 19.1. The van der Waals surface area contributed by atoms with Gasteiger partial charge in [0.15, 0.2) is 6.10 Å². The molecular weight excluding hydrogens is 449 g/mol. The number of amides is 2. The van der Waals surface area contributed by atoms with Crippen molar-refractivity contribution >= 4 is 23.3 Å². The normalized spacial score (nSPS) is 13.9. The first-order valence-electron chi connectivity index (χ1n) is 10.4. The van der Waals surface area contributed by atoms with Crippen molar-refractivity contribution in [3.05, 3.63) is 76.7 Å². The molecule has 0 radical (unpaired) electrons. The van der Waals surface area contributed by atoms with Crippen molar-refractivity contribution in [3.63, 3.8) is 0 Å². The Morgan fingerprint density at radius 3 is 2.44 bits per heavy atom. The number of nitrogens with two attached hydrogens (primary N) is 1. The topological polar surface area (TPSA) is 117 Å². The first-order valence-corrected chi connectivity index (χ1v) is 10.4. The lowest BCUT2D eigenvalue weighted by Crippen LogP contribution is -2.26. The Bertz CT molecular complexity index is 1270. The summed E-state index contributed by atoms with van der Waals surface area (Å²) >= 11 is 0. The molecule has 5 N–H and O–H groups in total. The molecule has 176 valence electrons. The van der Waals surface area contributed by atoms with Crippen LogP contribution in [-0.2, 0) is 4.79 Å². The predicted molar refractivity (Wildman–Crippen MR) is 119 cm³/mol. The molecule has 1 heterocycles. The van der Waals surface area contributed by atoms with Gasteiger partial charge in [-0.15, -0.1) is 0 Å². The summed E-state index contributed by atoms with van der Waals surface area (Å²) in [6.45, 7) is 1.47. The van der Waals surface area contributed by atoms with Crippen LogP contribution in [0.25, 0.3) is 11.1 Å². The highest BCUT2D eigenvalue weighted by Gasteiger charge is 2.26. The lowest BCUT2D eigenvalue weighted by atomic mass is 9.99. The molecule has 2 amide bonds. The maximum absolute atomic E-state index is 15.1. The highest BCUT2D eigenvalue weighted by molar-refractivity contribution is 6.00. The number of nitrogens with one attached hydrogen (secondary N) is 2. The summed E-state index contributed by atoms with van der Waals surface area (Å²) in [7, 11) is 0. The number of nitrogen functional groups attached to an aromatic ring is 1. The molecule has 1 atom stereocenters. The Labute approximate surface area is 192 Å². The summed E-state index contributed by atoms with van der Waals surface area (Å²) in [5, 5.41) is 15.2. The minimum Gasteiger partial charge on any atom is -0.383 e. The van der Waals surface area contributed by atoms with Gasteiger partial charge in [0.2, 0.25) is 0 Å². The molecule has 7 nitrogen and oxygen atoms in total. The van der Waals surface area contributed by atoms with Crippen LogP contribution in [0.3, 0.4) is 0 Å². The third kappa shape index (κ3) is 4.86. The van der Waals surface area contributed by atoms with Gasteiger partial charge in [-0.3, -0.25) is 9.59 Å². The number of halogens is 3. The lowest BCUT2D eigenvalue weighted by Gasteiger charge is -2.15. The van der Waals surface area contributed by atoms with Crippen LogP contribution in [0.2, 0.25) is 0 Å². The molecule has 4 rings (SSSR count). The number of hydrogen-bond acceptors (Lipinski definition) is 5. The van der Waals surface area contributed by atoms with Crippen LogP contribution in [-0.4, -0.2) is 27.9 Å². The predicted octanol–water partition coefficient (Wildman–Crippen LogP) is 3.62. The molecule has 1 aliphatic carbocycles. The molecule has 10 heteroatoms. The van der Waals surface area contributed by atoms with E-state index in [9.17, 15) is 23.5 Å². The molecule has 1 aliphatic rings. The van der Waals surface area contributed by atoms with Crippen LogP contribution in [0.5, 0.6) is 0 Å². The zero-order chi connectivity index (χ0) is 24.6. The van der Waals surface area contributed by atoms with E-state index in [1.54, 1.807) is 0 Å². The summed E-state index contributed by atoms with van der Waals surface area (Å²) in [6.07, 6.45) is 1.29. The summed E-state index contributed by atoms with van der Waals surface area (Å²) in [5.74, 6) is -4.09. The number of aliphatic hydroxyl groups is 1. The van der Waals surface area contributed by atoms with E-state index in [1.165, 1.54) is 31.3 Å². The fraction of sp³-hybridized carbons (Fsp3) is 0.208. The monoisotopic (exact) mass is 470 g/mol. The molecule has 1 fully saturated rings. The van der Waals surface area contributed by atoms with E-state index in [1.807, 2.05) is 0 Å². The van der Waals surface area contributed by atoms with Gasteiger partial charge in [0.25, 0.3) is 11.8 Å². The number of nitrogens with zero attached hydrogens (tertiary/aromatic N) is 1. The summed E-state index contributed by atoms with van der Waals surface area (Å²) in [5.41, 5.74) is 6.47. The van der Waals surface area contributed by atoms with Crippen molar-refractivity contribution in [1.29, 1.82) is 0 Å². The highest BCUT2D eigenvalue weighted by Crippen LogP contribution is 2.31. The Kier molecular flexibility index (Phi) is 6.25. The number of aliphatic hydroxyl groups excluding tert-OH is 1. The van der Waals surface area contributed by atoms with E-state index >= 15 is 4.39 Å². The van der Waals surface area contributed by atoms with Crippen LogP contribution < -0.4 is 16.4 Å². The first kappa shape index (κ1) is 23.2. The molecule has 34 heavy (non-hydrogen) atoms. The number of carbonyl (C=O) groups excluding carboxylic acids is 2. The van der Waals surface area contributed by atoms with Crippen LogP contribution in [0.15, 0.2) is 42.6 Å². The average Bonchev–Trinajstić information content (AvgIpc) is 3.60. The van der Waals surface area contributed by atoms with Gasteiger partial charge in [-0.05, 0) is 60.7 Å². The van der Waals surface area contributed by atoms with Crippen molar-refractivity contribution in [2.24, 2.45) is 0 Å². The van der Waals surface area contributed by atoms with Gasteiger partial charge in [-0.2, -0.15) is 0 Å². The Balaban J connectivity index is 1.57. The summed E-state index contributed by atoms with van der Waals surface area (Å²) in [4.78, 5) is 28.8. The van der Waals surface area contributed by atoms with Crippen molar-refractivity contribution < 1.29 is 27.9 Å². The standard InChI is InChI=1S/C24H21F3N4O3/c1-11-17(13-8-18(22(28)29-10-13)23(33)30-16-2-3-16)4-5-19(20(11)27)31-24(34)21(32)12-6-14(25)9-15(26)7-12/h4-10,16,21,32H,2-3H2,1H3,(H2,28,29)(H,30,33)(H,31,34)/t21-/m0/s1. The Morgan fingerprint density at radius 2 is 1.79 bits per heavy atom. The van der Waals surface area contributed by atoms with E-state index in [0.717, 1.165) is 25.0 Å². The molecule has 1 aromatic heterocycles. The van der Waals surface area contributed by atoms with Gasteiger partial charge >= 0.3 is 0 Å². The largest absolute Gasteiger partial charge is 0.383 e. The van der Waals surface area contributed by atoms with Gasteiger partial charge in [-0.1, -0.05) is 6.07 Å². The first-order chi connectivity index (χ1) is 16.1. The van der Waals surface area contributed by atoms with Crippen molar-refractivity contribution in [3.8, 4) is 11.1 Å². The van der Waals surface area contributed by atoms with Gasteiger partial charge in [0.05, 0.1) is 11.3 Å². The third-order valence-electron chi connectivity index (χ3n) is 5.48. The zero-order valence-corrected chi connectivity index (χ0v) is 18.0. The fourth-order valence-corrected chi connectivity index (χ4v) is 3.48. The molecular formula is C24H21F3N4O3. The van der Waals surface area contributed by atoms with E-state index in [4.69, 9.17) is 5.73 Å². The SMILES string of the molecule is Cc1c(-c2cnc(N)c(C(=O)NC3CC3)c2)ccc(NC(=O)[C@@H](O)c2cc(F)cc(F)c2)c1F. The maximum Gasteiger partial charge on any atom is 0.257 e. The molecule has 0 saturated heterocycles. The molecule has 0 aliphatic heterocycles. The lowest BCUT2D eigenvalue weighted by molar-refractivity contribution is -0.124. The van der Waals surface area contributed by atoms with Crippen molar-refractivity contribution in [2.45, 2.75) is 31.9 Å². The number of rotatable bonds is 6. The van der Waals surface area contributed by atoms with E-state index in [2.05, 4.69) is 15.6 Å². The third-order valence-corrected chi connectivity index (χ3v) is 5.48. The van der Waals surface area contributed by atoms with Gasteiger partial charge in [0.1, 0.15) is 23.3 Å². The second-order valence-electron chi connectivity index (χ2n) is 8.10. The number of carbonyl (C=O) groups is 2. The number of pyridine rings is 1. The smallest absolute Gasteiger partial charge is 0.257 e. The fourth-order valence-electron chi connectivity index (χ4n) is 3.48. The Hall–Kier alpha value is -3.92. The van der Waals surface area contributed by atoms with Crippen molar-refractivity contribution in [1.82, 2.24) is 10.3 Å². The maximum atomic E-state index is 15.1. The molecule has 1 saturated carbocycles. The summed E-state index contributed by atoms with van der Waals surface area (Å²) < 4.78 is 41.9. The van der Waals surface area contributed by atoms with Gasteiger partial charge in [-0.25, -0.2) is 18.2 Å². The minimum atomic E-state index is -1.92. The van der Waals surface area contributed by atoms with E-state index in [0.29, 0.717) is 17.2 Å². The minimum absolute atomic E-state index is 0.0479. The molecule has 0 unspecified atom stereocenters. The second-order valence-corrected chi connectivity index (χ2v) is 8.10.